The summed E-state index contributed by atoms with van der Waals surface area (Å²) in [6, 6.07) is 6.46. The maximum Gasteiger partial charge on any atom is 0.0571 e. The fourth-order valence-electron chi connectivity index (χ4n) is 2.84. The Labute approximate surface area is 113 Å². The van der Waals surface area contributed by atoms with Gasteiger partial charge in [0.15, 0.2) is 0 Å². The average molecular weight is 247 g/mol. The highest BCUT2D eigenvalue weighted by molar-refractivity contribution is 5.96. The molecule has 19 heavy (non-hydrogen) atoms. The Balaban J connectivity index is 2.42. The van der Waals surface area contributed by atoms with Gasteiger partial charge in [0.1, 0.15) is 0 Å². The Hall–Kier alpha value is -2.28. The fraction of sp³-hybridized carbons (Fsp3) is 0.111. The number of benzene rings is 1. The van der Waals surface area contributed by atoms with Crippen LogP contribution in [0.5, 0.6) is 0 Å². The zero-order chi connectivity index (χ0) is 13.4. The highest BCUT2D eigenvalue weighted by Crippen LogP contribution is 2.30. The van der Waals surface area contributed by atoms with Crippen LogP contribution in [0, 0.1) is 0 Å². The molecule has 1 aliphatic rings. The Bertz CT molecular complexity index is 829. The van der Waals surface area contributed by atoms with Gasteiger partial charge < -0.3 is 4.57 Å². The van der Waals surface area contributed by atoms with Gasteiger partial charge in [0.2, 0.25) is 0 Å². The van der Waals surface area contributed by atoms with Gasteiger partial charge in [0, 0.05) is 28.1 Å². The van der Waals surface area contributed by atoms with Gasteiger partial charge in [-0.1, -0.05) is 55.7 Å². The predicted molar refractivity (Wildman–Crippen MR) is 84.2 cm³/mol. The second-order valence-electron chi connectivity index (χ2n) is 4.77. The van der Waals surface area contributed by atoms with E-state index in [1.807, 2.05) is 19.1 Å². The molecule has 1 nitrogen and oxygen atoms in total. The molecular formula is C18H17N. The van der Waals surface area contributed by atoms with Crippen molar-refractivity contribution < 1.29 is 0 Å². The molecule has 0 saturated heterocycles. The van der Waals surface area contributed by atoms with Crippen LogP contribution in [0.25, 0.3) is 29.1 Å². The van der Waals surface area contributed by atoms with Gasteiger partial charge in [0.05, 0.1) is 5.52 Å². The van der Waals surface area contributed by atoms with E-state index in [2.05, 4.69) is 54.2 Å². The minimum Gasteiger partial charge on any atom is -0.335 e. The molecule has 1 aromatic heterocycles. The first kappa shape index (κ1) is 11.8. The molecule has 1 aliphatic heterocycles. The largest absolute Gasteiger partial charge is 0.335 e. The van der Waals surface area contributed by atoms with Crippen LogP contribution in [0.2, 0.25) is 0 Å². The zero-order valence-electron chi connectivity index (χ0n) is 11.2. The van der Waals surface area contributed by atoms with E-state index in [9.17, 15) is 0 Å². The molecule has 0 spiro atoms. The molecule has 0 saturated carbocycles. The molecule has 1 aromatic carbocycles. The van der Waals surface area contributed by atoms with Crippen LogP contribution in [0.1, 0.15) is 12.5 Å². The number of aromatic nitrogens is 1. The van der Waals surface area contributed by atoms with E-state index in [0.717, 1.165) is 11.8 Å². The summed E-state index contributed by atoms with van der Waals surface area (Å²) in [5, 5.41) is 3.51. The smallest absolute Gasteiger partial charge is 0.0571 e. The van der Waals surface area contributed by atoms with Crippen LogP contribution in [-0.2, 0) is 6.54 Å². The van der Waals surface area contributed by atoms with Crippen molar-refractivity contribution in [2.24, 2.45) is 0 Å². The highest BCUT2D eigenvalue weighted by Gasteiger charge is 2.19. The van der Waals surface area contributed by atoms with Crippen molar-refractivity contribution in [3.05, 3.63) is 65.2 Å². The molecule has 0 atom stereocenters. The SMILES string of the molecule is C=C/C=c1\c(=C)c2cccc3c2n1C/C3=C\C=C/C. The number of allylic oxidation sites excluding steroid dienone is 5. The monoisotopic (exact) mass is 247 g/mol. The predicted octanol–water partition coefficient (Wildman–Crippen LogP) is 2.99. The van der Waals surface area contributed by atoms with Gasteiger partial charge in [0.25, 0.3) is 0 Å². The molecule has 0 fully saturated rings. The number of hydrogen-bond acceptors (Lipinski definition) is 0. The Morgan fingerprint density at radius 2 is 2.11 bits per heavy atom. The molecule has 94 valence electrons. The molecule has 0 N–H and O–H groups in total. The molecule has 0 unspecified atom stereocenters. The summed E-state index contributed by atoms with van der Waals surface area (Å²) >= 11 is 0. The zero-order valence-corrected chi connectivity index (χ0v) is 11.2. The van der Waals surface area contributed by atoms with Crippen LogP contribution >= 0.6 is 0 Å². The van der Waals surface area contributed by atoms with Crippen molar-refractivity contribution in [3.8, 4) is 0 Å². The van der Waals surface area contributed by atoms with Gasteiger partial charge in [-0.3, -0.25) is 0 Å². The summed E-state index contributed by atoms with van der Waals surface area (Å²) < 4.78 is 2.34. The van der Waals surface area contributed by atoms with Crippen LogP contribution in [0.3, 0.4) is 0 Å². The van der Waals surface area contributed by atoms with Gasteiger partial charge in [-0.05, 0) is 18.6 Å². The summed E-state index contributed by atoms with van der Waals surface area (Å²) in [6.45, 7) is 11.0. The van der Waals surface area contributed by atoms with E-state index in [4.69, 9.17) is 0 Å². The van der Waals surface area contributed by atoms with Gasteiger partial charge in [-0.15, -0.1) is 0 Å². The van der Waals surface area contributed by atoms with Crippen molar-refractivity contribution in [2.45, 2.75) is 13.5 Å². The van der Waals surface area contributed by atoms with Crippen molar-refractivity contribution >= 4 is 29.1 Å². The van der Waals surface area contributed by atoms with E-state index in [0.29, 0.717) is 0 Å². The topological polar surface area (TPSA) is 4.93 Å². The summed E-state index contributed by atoms with van der Waals surface area (Å²) in [4.78, 5) is 0. The molecular weight excluding hydrogens is 230 g/mol. The maximum absolute atomic E-state index is 4.22. The van der Waals surface area contributed by atoms with Crippen LogP contribution in [0.15, 0.2) is 49.1 Å². The Morgan fingerprint density at radius 3 is 2.84 bits per heavy atom. The first-order valence-electron chi connectivity index (χ1n) is 6.53. The van der Waals surface area contributed by atoms with Crippen molar-refractivity contribution in [2.75, 3.05) is 0 Å². The normalized spacial score (nSPS) is 17.1. The number of hydrogen-bond donors (Lipinski definition) is 0. The lowest BCUT2D eigenvalue weighted by Crippen LogP contribution is -2.27. The molecule has 2 heterocycles. The standard InChI is InChI=1S/C18H17N/c1-4-6-9-14-12-19-17(8-5-2)13(3)15-10-7-11-16(14)18(15)19/h4-11H,2-3,12H2,1H3/b6-4-,14-9+,17-8+. The van der Waals surface area contributed by atoms with E-state index < -0.39 is 0 Å². The molecule has 0 bridgehead atoms. The van der Waals surface area contributed by atoms with Crippen LogP contribution in [0.4, 0.5) is 0 Å². The Kier molecular flexibility index (Phi) is 2.75. The second-order valence-corrected chi connectivity index (χ2v) is 4.77. The van der Waals surface area contributed by atoms with E-state index >= 15 is 0 Å². The van der Waals surface area contributed by atoms with Crippen molar-refractivity contribution in [1.82, 2.24) is 4.57 Å². The summed E-state index contributed by atoms with van der Waals surface area (Å²) in [5.41, 5.74) is 3.98. The molecule has 2 aromatic rings. The number of nitrogens with zero attached hydrogens (tertiary/aromatic N) is 1. The highest BCUT2D eigenvalue weighted by atomic mass is 15.0. The quantitative estimate of drug-likeness (QED) is 0.769. The lowest BCUT2D eigenvalue weighted by Gasteiger charge is -1.99. The summed E-state index contributed by atoms with van der Waals surface area (Å²) in [7, 11) is 0. The first-order valence-corrected chi connectivity index (χ1v) is 6.53. The van der Waals surface area contributed by atoms with Crippen molar-refractivity contribution in [1.29, 1.82) is 0 Å². The van der Waals surface area contributed by atoms with Crippen LogP contribution in [-0.4, -0.2) is 4.57 Å². The average Bonchev–Trinajstić information content (AvgIpc) is 2.92. The van der Waals surface area contributed by atoms with Crippen molar-refractivity contribution in [3.63, 3.8) is 0 Å². The third-order valence-corrected chi connectivity index (χ3v) is 3.67. The molecule has 0 aliphatic carbocycles. The first-order chi connectivity index (χ1) is 9.27. The van der Waals surface area contributed by atoms with Crippen LogP contribution < -0.4 is 10.6 Å². The minimum atomic E-state index is 0.912. The van der Waals surface area contributed by atoms with E-state index in [-0.39, 0.29) is 0 Å². The maximum atomic E-state index is 4.22. The molecule has 1 heteroatoms. The molecule has 3 rings (SSSR count). The molecule has 0 amide bonds. The number of para-hydroxylation sites is 1. The lowest BCUT2D eigenvalue weighted by atomic mass is 10.0. The minimum absolute atomic E-state index is 0.912. The second kappa shape index (κ2) is 4.43. The fourth-order valence-corrected chi connectivity index (χ4v) is 2.84. The summed E-state index contributed by atoms with van der Waals surface area (Å²) in [6.07, 6.45) is 10.2. The molecule has 0 radical (unpaired) electrons. The van der Waals surface area contributed by atoms with Gasteiger partial charge >= 0.3 is 0 Å². The van der Waals surface area contributed by atoms with Gasteiger partial charge in [-0.2, -0.15) is 0 Å². The Morgan fingerprint density at radius 1 is 1.26 bits per heavy atom. The third-order valence-electron chi connectivity index (χ3n) is 3.67. The third kappa shape index (κ3) is 1.62. The van der Waals surface area contributed by atoms with Gasteiger partial charge in [-0.25, -0.2) is 0 Å². The lowest BCUT2D eigenvalue weighted by molar-refractivity contribution is 0.871. The number of rotatable bonds is 2. The van der Waals surface area contributed by atoms with E-state index in [1.54, 1.807) is 0 Å². The summed E-state index contributed by atoms with van der Waals surface area (Å²) in [5.74, 6) is 0. The van der Waals surface area contributed by atoms with E-state index in [1.165, 1.54) is 27.4 Å².